The highest BCUT2D eigenvalue weighted by molar-refractivity contribution is 8.00. The Labute approximate surface area is 160 Å². The molecule has 0 radical (unpaired) electrons. The molecule has 130 valence electrons. The average molecular weight is 389 g/mol. The van der Waals surface area contributed by atoms with Crippen LogP contribution in [0.4, 0.5) is 0 Å². The van der Waals surface area contributed by atoms with Crippen LogP contribution in [-0.2, 0) is 11.3 Å². The Balaban J connectivity index is 1.53. The van der Waals surface area contributed by atoms with Gasteiger partial charge in [0.2, 0.25) is 5.91 Å². The summed E-state index contributed by atoms with van der Waals surface area (Å²) in [6, 6.07) is 12.4. The zero-order valence-corrected chi connectivity index (χ0v) is 16.9. The summed E-state index contributed by atoms with van der Waals surface area (Å²) in [5.74, 6) is 0.0602. The summed E-state index contributed by atoms with van der Waals surface area (Å²) in [4.78, 5) is 20.2. The molecule has 0 spiro atoms. The van der Waals surface area contributed by atoms with Gasteiger partial charge in [-0.2, -0.15) is 0 Å². The Bertz CT molecular complexity index is 852. The van der Waals surface area contributed by atoms with Crippen molar-refractivity contribution in [3.8, 4) is 10.6 Å². The van der Waals surface area contributed by atoms with Crippen LogP contribution in [0.2, 0.25) is 0 Å². The Kier molecular flexibility index (Phi) is 5.93. The van der Waals surface area contributed by atoms with E-state index in [4.69, 9.17) is 0 Å². The predicted octanol–water partition coefficient (Wildman–Crippen LogP) is 5.29. The van der Waals surface area contributed by atoms with E-state index in [-0.39, 0.29) is 11.2 Å². The number of amides is 1. The van der Waals surface area contributed by atoms with Gasteiger partial charge in [-0.1, -0.05) is 17.7 Å². The van der Waals surface area contributed by atoms with Gasteiger partial charge in [0.05, 0.1) is 27.4 Å². The molecule has 1 N–H and O–H groups in total. The van der Waals surface area contributed by atoms with Gasteiger partial charge < -0.3 is 5.32 Å². The van der Waals surface area contributed by atoms with E-state index < -0.39 is 0 Å². The molecule has 0 aliphatic carbocycles. The van der Waals surface area contributed by atoms with Crippen LogP contribution >= 0.6 is 34.4 Å². The number of rotatable bonds is 6. The molecule has 3 rings (SSSR count). The quantitative estimate of drug-likeness (QED) is 0.584. The maximum absolute atomic E-state index is 12.3. The first-order chi connectivity index (χ1) is 12.0. The summed E-state index contributed by atoms with van der Waals surface area (Å²) in [5.41, 5.74) is 2.25. The molecule has 1 aromatic carbocycles. The van der Waals surface area contributed by atoms with E-state index in [0.29, 0.717) is 6.54 Å². The van der Waals surface area contributed by atoms with Crippen LogP contribution in [0.25, 0.3) is 10.6 Å². The first-order valence-electron chi connectivity index (χ1n) is 8.03. The summed E-state index contributed by atoms with van der Waals surface area (Å²) >= 11 is 4.92. The fraction of sp³-hybridized carbons (Fsp3) is 0.263. The summed E-state index contributed by atoms with van der Waals surface area (Å²) in [6.07, 6.45) is 0. The van der Waals surface area contributed by atoms with Crippen LogP contribution in [0.15, 0.2) is 46.7 Å². The minimum atomic E-state index is -0.122. The molecule has 0 bridgehead atoms. The number of benzene rings is 1. The Morgan fingerprint density at radius 2 is 1.96 bits per heavy atom. The molecule has 0 saturated carbocycles. The number of thiophene rings is 1. The first-order valence-corrected chi connectivity index (χ1v) is 10.6. The van der Waals surface area contributed by atoms with Gasteiger partial charge in [0.15, 0.2) is 0 Å². The van der Waals surface area contributed by atoms with Crippen LogP contribution in [0.1, 0.15) is 22.4 Å². The van der Waals surface area contributed by atoms with Crippen LogP contribution in [0.3, 0.4) is 0 Å². The highest BCUT2D eigenvalue weighted by atomic mass is 32.2. The number of thiazole rings is 1. The highest BCUT2D eigenvalue weighted by Gasteiger charge is 2.14. The van der Waals surface area contributed by atoms with Crippen molar-refractivity contribution in [1.29, 1.82) is 0 Å². The van der Waals surface area contributed by atoms with Crippen molar-refractivity contribution in [3.63, 3.8) is 0 Å². The lowest BCUT2D eigenvalue weighted by Gasteiger charge is -2.11. The van der Waals surface area contributed by atoms with E-state index in [1.54, 1.807) is 34.4 Å². The van der Waals surface area contributed by atoms with Gasteiger partial charge in [-0.3, -0.25) is 4.79 Å². The third-order valence-electron chi connectivity index (χ3n) is 3.67. The number of carbonyl (C=O) groups is 1. The third kappa shape index (κ3) is 4.93. The lowest BCUT2D eigenvalue weighted by molar-refractivity contribution is -0.120. The van der Waals surface area contributed by atoms with Gasteiger partial charge >= 0.3 is 0 Å². The smallest absolute Gasteiger partial charge is 0.233 e. The zero-order valence-electron chi connectivity index (χ0n) is 14.4. The molecule has 25 heavy (non-hydrogen) atoms. The predicted molar refractivity (Wildman–Crippen MR) is 109 cm³/mol. The molecule has 2 heterocycles. The number of nitrogens with zero attached hydrogens (tertiary/aromatic N) is 1. The van der Waals surface area contributed by atoms with Crippen molar-refractivity contribution in [1.82, 2.24) is 10.3 Å². The van der Waals surface area contributed by atoms with E-state index in [2.05, 4.69) is 59.0 Å². The van der Waals surface area contributed by atoms with Crippen LogP contribution in [0.5, 0.6) is 0 Å². The molecular formula is C19H20N2OS3. The van der Waals surface area contributed by atoms with Crippen molar-refractivity contribution in [2.75, 3.05) is 0 Å². The minimum Gasteiger partial charge on any atom is -0.350 e. The largest absolute Gasteiger partial charge is 0.350 e. The molecule has 3 aromatic rings. The maximum atomic E-state index is 12.3. The average Bonchev–Trinajstić information content (AvgIpc) is 3.23. The van der Waals surface area contributed by atoms with Gasteiger partial charge in [-0.15, -0.1) is 34.4 Å². The number of nitrogens with one attached hydrogen (secondary N) is 1. The van der Waals surface area contributed by atoms with E-state index in [1.807, 2.05) is 13.8 Å². The van der Waals surface area contributed by atoms with Crippen molar-refractivity contribution in [3.05, 3.63) is 57.2 Å². The zero-order chi connectivity index (χ0) is 17.8. The number of thioether (sulfide) groups is 1. The first kappa shape index (κ1) is 18.2. The van der Waals surface area contributed by atoms with Crippen LogP contribution < -0.4 is 5.32 Å². The molecule has 1 atom stereocenters. The standard InChI is InChI=1S/C19H20N2OS3/c1-12-4-6-15(7-5-12)24-13(2)19(22)20-10-16-8-9-18(25-16)17-11-23-14(3)21-17/h4-9,11,13H,10H2,1-3H3,(H,20,22)/t13-/m1/s1. The SMILES string of the molecule is Cc1ccc(S[C@H](C)C(=O)NCc2ccc(-c3csc(C)n3)s2)cc1. The lowest BCUT2D eigenvalue weighted by Crippen LogP contribution is -2.30. The fourth-order valence-electron chi connectivity index (χ4n) is 2.28. The number of carbonyl (C=O) groups excluding carboxylic acids is 1. The van der Waals surface area contributed by atoms with Gasteiger partial charge in [0.25, 0.3) is 0 Å². The van der Waals surface area contributed by atoms with E-state index >= 15 is 0 Å². The minimum absolute atomic E-state index is 0.0602. The van der Waals surface area contributed by atoms with Gasteiger partial charge in [-0.25, -0.2) is 4.98 Å². The molecule has 0 fully saturated rings. The Morgan fingerprint density at radius 3 is 2.64 bits per heavy atom. The normalized spacial score (nSPS) is 12.1. The number of aromatic nitrogens is 1. The van der Waals surface area contributed by atoms with Gasteiger partial charge in [0, 0.05) is 15.2 Å². The van der Waals surface area contributed by atoms with Gasteiger partial charge in [0.1, 0.15) is 0 Å². The molecular weight excluding hydrogens is 368 g/mol. The van der Waals surface area contributed by atoms with Crippen LogP contribution in [0, 0.1) is 13.8 Å². The van der Waals surface area contributed by atoms with Crippen molar-refractivity contribution in [2.45, 2.75) is 37.5 Å². The summed E-state index contributed by atoms with van der Waals surface area (Å²) in [5, 5.41) is 6.05. The second-order valence-electron chi connectivity index (χ2n) is 5.81. The Morgan fingerprint density at radius 1 is 1.20 bits per heavy atom. The second-order valence-corrected chi connectivity index (χ2v) is 9.45. The monoisotopic (exact) mass is 388 g/mol. The fourth-order valence-corrected chi connectivity index (χ4v) is 4.77. The molecule has 2 aromatic heterocycles. The number of hydrogen-bond donors (Lipinski definition) is 1. The number of hydrogen-bond acceptors (Lipinski definition) is 5. The highest BCUT2D eigenvalue weighted by Crippen LogP contribution is 2.29. The van der Waals surface area contributed by atoms with Gasteiger partial charge in [-0.05, 0) is 45.0 Å². The molecule has 6 heteroatoms. The van der Waals surface area contributed by atoms with Crippen molar-refractivity contribution >= 4 is 40.3 Å². The summed E-state index contributed by atoms with van der Waals surface area (Å²) in [6.45, 7) is 6.58. The summed E-state index contributed by atoms with van der Waals surface area (Å²) in [7, 11) is 0. The van der Waals surface area contributed by atoms with E-state index in [0.717, 1.165) is 25.4 Å². The molecule has 0 saturated heterocycles. The third-order valence-corrected chi connectivity index (χ3v) is 6.67. The molecule has 0 aliphatic heterocycles. The second kappa shape index (κ2) is 8.17. The topological polar surface area (TPSA) is 42.0 Å². The molecule has 0 unspecified atom stereocenters. The van der Waals surface area contributed by atoms with Crippen LogP contribution in [-0.4, -0.2) is 16.1 Å². The molecule has 1 amide bonds. The Hall–Kier alpha value is -1.63. The lowest BCUT2D eigenvalue weighted by atomic mass is 10.2. The molecule has 3 nitrogen and oxygen atoms in total. The number of aryl methyl sites for hydroxylation is 2. The van der Waals surface area contributed by atoms with Crippen molar-refractivity contribution in [2.24, 2.45) is 0 Å². The summed E-state index contributed by atoms with van der Waals surface area (Å²) < 4.78 is 0. The van der Waals surface area contributed by atoms with Crippen molar-refractivity contribution < 1.29 is 4.79 Å². The maximum Gasteiger partial charge on any atom is 0.233 e. The van der Waals surface area contributed by atoms with E-state index in [1.165, 1.54) is 5.56 Å². The van der Waals surface area contributed by atoms with E-state index in [9.17, 15) is 4.79 Å². The molecule has 0 aliphatic rings.